The summed E-state index contributed by atoms with van der Waals surface area (Å²) in [6.07, 6.45) is 8.08. The van der Waals surface area contributed by atoms with Crippen LogP contribution in [-0.2, 0) is 0 Å². The number of piperidine rings is 1. The lowest BCUT2D eigenvalue weighted by Gasteiger charge is -2.40. The largest absolute Gasteiger partial charge is 0.370 e. The molecule has 0 aromatic heterocycles. The van der Waals surface area contributed by atoms with Gasteiger partial charge in [-0.15, -0.1) is 0 Å². The van der Waals surface area contributed by atoms with Crippen molar-refractivity contribution >= 4 is 5.69 Å². The maximum absolute atomic E-state index is 13.1. The molecule has 21 heavy (non-hydrogen) atoms. The van der Waals surface area contributed by atoms with E-state index in [9.17, 15) is 4.39 Å². The molecule has 1 saturated carbocycles. The lowest BCUT2D eigenvalue weighted by Crippen LogP contribution is -2.52. The molecule has 1 aromatic carbocycles. The maximum atomic E-state index is 13.1. The van der Waals surface area contributed by atoms with Crippen LogP contribution in [-0.4, -0.2) is 25.2 Å². The summed E-state index contributed by atoms with van der Waals surface area (Å²) in [5.74, 6) is 0.533. The van der Waals surface area contributed by atoms with Crippen molar-refractivity contribution in [2.75, 3.05) is 18.0 Å². The molecule has 116 valence electrons. The van der Waals surface area contributed by atoms with E-state index in [1.165, 1.54) is 38.5 Å². The summed E-state index contributed by atoms with van der Waals surface area (Å²) >= 11 is 0. The Bertz CT molecular complexity index is 439. The Morgan fingerprint density at radius 2 is 1.71 bits per heavy atom. The van der Waals surface area contributed by atoms with Gasteiger partial charge < -0.3 is 10.2 Å². The average molecular weight is 290 g/mol. The summed E-state index contributed by atoms with van der Waals surface area (Å²) in [5, 5.41) is 3.88. The molecule has 2 atom stereocenters. The first kappa shape index (κ1) is 14.8. The van der Waals surface area contributed by atoms with Gasteiger partial charge in [-0.05, 0) is 49.4 Å². The predicted molar refractivity (Wildman–Crippen MR) is 86.2 cm³/mol. The minimum absolute atomic E-state index is 0.152. The quantitative estimate of drug-likeness (QED) is 0.906. The van der Waals surface area contributed by atoms with Crippen LogP contribution in [0.1, 0.15) is 45.4 Å². The molecular weight excluding hydrogens is 263 g/mol. The van der Waals surface area contributed by atoms with Gasteiger partial charge >= 0.3 is 0 Å². The third kappa shape index (κ3) is 3.97. The van der Waals surface area contributed by atoms with Crippen LogP contribution in [0.4, 0.5) is 10.1 Å². The van der Waals surface area contributed by atoms with Gasteiger partial charge in [0.1, 0.15) is 5.82 Å². The van der Waals surface area contributed by atoms with E-state index >= 15 is 0 Å². The predicted octanol–water partition coefficient (Wildman–Crippen LogP) is 3.96. The van der Waals surface area contributed by atoms with E-state index in [0.29, 0.717) is 18.0 Å². The molecule has 2 nitrogen and oxygen atoms in total. The van der Waals surface area contributed by atoms with Crippen molar-refractivity contribution in [2.45, 2.75) is 57.5 Å². The maximum Gasteiger partial charge on any atom is 0.123 e. The van der Waals surface area contributed by atoms with Crippen molar-refractivity contribution in [2.24, 2.45) is 5.92 Å². The lowest BCUT2D eigenvalue weighted by molar-refractivity contribution is 0.285. The van der Waals surface area contributed by atoms with Crippen LogP contribution in [0.3, 0.4) is 0 Å². The summed E-state index contributed by atoms with van der Waals surface area (Å²) in [6.45, 7) is 4.45. The molecule has 0 bridgehead atoms. The van der Waals surface area contributed by atoms with Crippen LogP contribution in [0.15, 0.2) is 24.3 Å². The Hall–Kier alpha value is -1.09. The molecule has 1 aliphatic carbocycles. The number of nitrogens with zero attached hydrogens (tertiary/aromatic N) is 1. The molecule has 1 saturated heterocycles. The minimum Gasteiger partial charge on any atom is -0.370 e. The zero-order chi connectivity index (χ0) is 14.7. The highest BCUT2D eigenvalue weighted by Crippen LogP contribution is 2.25. The zero-order valence-corrected chi connectivity index (χ0v) is 13.0. The molecule has 0 amide bonds. The Balaban J connectivity index is 1.62. The van der Waals surface area contributed by atoms with Gasteiger partial charge in [-0.3, -0.25) is 0 Å². The van der Waals surface area contributed by atoms with Crippen molar-refractivity contribution < 1.29 is 4.39 Å². The third-order valence-corrected chi connectivity index (χ3v) is 4.93. The SMILES string of the molecule is CC1CC(NC2CCCCC2)CN(c2ccc(F)cc2)C1. The normalized spacial score (nSPS) is 27.8. The Morgan fingerprint density at radius 1 is 1.00 bits per heavy atom. The van der Waals surface area contributed by atoms with E-state index in [2.05, 4.69) is 17.1 Å². The van der Waals surface area contributed by atoms with Gasteiger partial charge in [-0.25, -0.2) is 4.39 Å². The number of halogens is 1. The van der Waals surface area contributed by atoms with Crippen molar-refractivity contribution in [1.82, 2.24) is 5.32 Å². The molecule has 1 N–H and O–H groups in total. The molecule has 0 spiro atoms. The fourth-order valence-corrected chi connectivity index (χ4v) is 3.94. The molecule has 2 aliphatic rings. The van der Waals surface area contributed by atoms with E-state index < -0.39 is 0 Å². The van der Waals surface area contributed by atoms with E-state index in [0.717, 1.165) is 18.8 Å². The van der Waals surface area contributed by atoms with Gasteiger partial charge in [0, 0.05) is 30.9 Å². The van der Waals surface area contributed by atoms with Gasteiger partial charge in [0.2, 0.25) is 0 Å². The molecule has 1 heterocycles. The number of anilines is 1. The van der Waals surface area contributed by atoms with Crippen LogP contribution in [0.25, 0.3) is 0 Å². The molecule has 2 fully saturated rings. The summed E-state index contributed by atoms with van der Waals surface area (Å²) in [6, 6.07) is 8.23. The molecule has 1 aliphatic heterocycles. The number of benzene rings is 1. The Kier molecular flexibility index (Phi) is 4.79. The van der Waals surface area contributed by atoms with Crippen LogP contribution in [0.5, 0.6) is 0 Å². The standard InChI is InChI=1S/C18H27FN2/c1-14-11-17(20-16-5-3-2-4-6-16)13-21(12-14)18-9-7-15(19)8-10-18/h7-10,14,16-17,20H,2-6,11-13H2,1H3. The van der Waals surface area contributed by atoms with Crippen LogP contribution >= 0.6 is 0 Å². The van der Waals surface area contributed by atoms with Gasteiger partial charge in [0.05, 0.1) is 0 Å². The zero-order valence-electron chi connectivity index (χ0n) is 13.0. The molecule has 3 rings (SSSR count). The highest BCUT2D eigenvalue weighted by molar-refractivity contribution is 5.47. The average Bonchev–Trinajstić information content (AvgIpc) is 2.48. The highest BCUT2D eigenvalue weighted by atomic mass is 19.1. The van der Waals surface area contributed by atoms with Crippen molar-refractivity contribution in [1.29, 1.82) is 0 Å². The molecule has 2 unspecified atom stereocenters. The third-order valence-electron chi connectivity index (χ3n) is 4.93. The highest BCUT2D eigenvalue weighted by Gasteiger charge is 2.27. The smallest absolute Gasteiger partial charge is 0.123 e. The van der Waals surface area contributed by atoms with Gasteiger partial charge in [-0.1, -0.05) is 26.2 Å². The summed E-state index contributed by atoms with van der Waals surface area (Å²) < 4.78 is 13.1. The van der Waals surface area contributed by atoms with Crippen LogP contribution in [0, 0.1) is 11.7 Å². The Morgan fingerprint density at radius 3 is 2.43 bits per heavy atom. The first-order chi connectivity index (χ1) is 10.2. The van der Waals surface area contributed by atoms with Gasteiger partial charge in [0.15, 0.2) is 0 Å². The van der Waals surface area contributed by atoms with Gasteiger partial charge in [0.25, 0.3) is 0 Å². The Labute approximate surface area is 127 Å². The fourth-order valence-electron chi connectivity index (χ4n) is 3.94. The van der Waals surface area contributed by atoms with E-state index in [1.54, 1.807) is 12.1 Å². The van der Waals surface area contributed by atoms with Crippen molar-refractivity contribution in [3.8, 4) is 0 Å². The monoisotopic (exact) mass is 290 g/mol. The van der Waals surface area contributed by atoms with E-state index in [-0.39, 0.29) is 5.82 Å². The topological polar surface area (TPSA) is 15.3 Å². The van der Waals surface area contributed by atoms with Crippen LogP contribution < -0.4 is 10.2 Å². The summed E-state index contributed by atoms with van der Waals surface area (Å²) in [5.41, 5.74) is 1.15. The first-order valence-electron chi connectivity index (χ1n) is 8.47. The lowest BCUT2D eigenvalue weighted by atomic mass is 9.91. The van der Waals surface area contributed by atoms with E-state index in [1.807, 2.05) is 12.1 Å². The van der Waals surface area contributed by atoms with E-state index in [4.69, 9.17) is 0 Å². The second kappa shape index (κ2) is 6.78. The molecule has 3 heteroatoms. The van der Waals surface area contributed by atoms with Gasteiger partial charge in [-0.2, -0.15) is 0 Å². The minimum atomic E-state index is -0.152. The molecule has 1 aromatic rings. The number of hydrogen-bond donors (Lipinski definition) is 1. The number of rotatable bonds is 3. The van der Waals surface area contributed by atoms with Crippen molar-refractivity contribution in [3.05, 3.63) is 30.1 Å². The summed E-state index contributed by atoms with van der Waals surface area (Å²) in [4.78, 5) is 2.41. The summed E-state index contributed by atoms with van der Waals surface area (Å²) in [7, 11) is 0. The fraction of sp³-hybridized carbons (Fsp3) is 0.667. The number of hydrogen-bond acceptors (Lipinski definition) is 2. The molecule has 0 radical (unpaired) electrons. The second-order valence-electron chi connectivity index (χ2n) is 6.92. The number of nitrogens with one attached hydrogen (secondary N) is 1. The second-order valence-corrected chi connectivity index (χ2v) is 6.92. The molecular formula is C18H27FN2. The van der Waals surface area contributed by atoms with Crippen LogP contribution in [0.2, 0.25) is 0 Å². The van der Waals surface area contributed by atoms with Crippen molar-refractivity contribution in [3.63, 3.8) is 0 Å². The first-order valence-corrected chi connectivity index (χ1v) is 8.47.